The van der Waals surface area contributed by atoms with Crippen molar-refractivity contribution in [3.63, 3.8) is 0 Å². The van der Waals surface area contributed by atoms with Crippen LogP contribution in [0, 0.1) is 0 Å². The second kappa shape index (κ2) is 4.09. The lowest BCUT2D eigenvalue weighted by molar-refractivity contribution is 0.540. The Kier molecular flexibility index (Phi) is 2.55. The van der Waals surface area contributed by atoms with Gasteiger partial charge in [-0.3, -0.25) is 4.98 Å². The highest BCUT2D eigenvalue weighted by molar-refractivity contribution is 5.77. The predicted octanol–water partition coefficient (Wildman–Crippen LogP) is 4.00. The first-order valence-electron chi connectivity index (χ1n) is 6.40. The fourth-order valence-electron chi connectivity index (χ4n) is 2.87. The van der Waals surface area contributed by atoms with Crippen LogP contribution >= 0.6 is 0 Å². The summed E-state index contributed by atoms with van der Waals surface area (Å²) in [4.78, 5) is 4.25. The Hall–Kier alpha value is -1.89. The highest BCUT2D eigenvalue weighted by Gasteiger charge is 2.34. The Bertz CT molecular complexity index is 586. The van der Waals surface area contributed by atoms with Crippen LogP contribution in [-0.2, 0) is 11.8 Å². The second-order valence-corrected chi connectivity index (χ2v) is 5.21. The van der Waals surface area contributed by atoms with Gasteiger partial charge in [0, 0.05) is 17.8 Å². The van der Waals surface area contributed by atoms with Crippen LogP contribution in [0.15, 0.2) is 55.4 Å². The molecule has 0 aliphatic heterocycles. The third kappa shape index (κ3) is 1.59. The van der Waals surface area contributed by atoms with E-state index in [0.717, 1.165) is 12.8 Å². The number of aromatic nitrogens is 1. The number of fused-ring (bicyclic) bond motifs is 1. The molecule has 0 spiro atoms. The van der Waals surface area contributed by atoms with Gasteiger partial charge >= 0.3 is 0 Å². The van der Waals surface area contributed by atoms with Gasteiger partial charge in [0.25, 0.3) is 0 Å². The molecule has 1 aromatic heterocycles. The lowest BCUT2D eigenvalue weighted by atomic mass is 9.66. The number of hydrogen-bond acceptors (Lipinski definition) is 1. The molecule has 0 fully saturated rings. The van der Waals surface area contributed by atoms with Crippen molar-refractivity contribution in [3.05, 3.63) is 72.1 Å². The average molecular weight is 235 g/mol. The predicted molar refractivity (Wildman–Crippen MR) is 75.4 cm³/mol. The SMILES string of the molecule is C=C1c2ccccc2CC[C@@]1(C)c1cccnc1. The maximum absolute atomic E-state index is 4.36. The lowest BCUT2D eigenvalue weighted by Gasteiger charge is -2.37. The molecule has 2 aromatic rings. The molecule has 18 heavy (non-hydrogen) atoms. The molecule has 90 valence electrons. The third-order valence-corrected chi connectivity index (χ3v) is 4.20. The number of allylic oxidation sites excluding steroid dienone is 1. The average Bonchev–Trinajstić information content (AvgIpc) is 2.44. The van der Waals surface area contributed by atoms with Crippen LogP contribution in [0.25, 0.3) is 5.57 Å². The molecule has 1 heterocycles. The molecule has 0 bridgehead atoms. The molecule has 1 atom stereocenters. The first-order chi connectivity index (χ1) is 8.72. The van der Waals surface area contributed by atoms with Gasteiger partial charge in [0.1, 0.15) is 0 Å². The van der Waals surface area contributed by atoms with E-state index in [1.54, 1.807) is 0 Å². The zero-order valence-corrected chi connectivity index (χ0v) is 10.7. The van der Waals surface area contributed by atoms with Gasteiger partial charge in [0.05, 0.1) is 0 Å². The number of aryl methyl sites for hydroxylation is 1. The fourth-order valence-corrected chi connectivity index (χ4v) is 2.87. The van der Waals surface area contributed by atoms with Crippen molar-refractivity contribution in [2.75, 3.05) is 0 Å². The van der Waals surface area contributed by atoms with E-state index >= 15 is 0 Å². The quantitative estimate of drug-likeness (QED) is 0.728. The topological polar surface area (TPSA) is 12.9 Å². The molecule has 1 heteroatoms. The first kappa shape index (κ1) is 11.2. The Labute approximate surface area is 108 Å². The molecule has 1 aliphatic carbocycles. The molecule has 0 amide bonds. The molecule has 1 nitrogen and oxygen atoms in total. The summed E-state index contributed by atoms with van der Waals surface area (Å²) in [5.74, 6) is 0. The van der Waals surface area contributed by atoms with Gasteiger partial charge in [-0.05, 0) is 41.2 Å². The smallest absolute Gasteiger partial charge is 0.0308 e. The number of benzene rings is 1. The van der Waals surface area contributed by atoms with E-state index in [0.29, 0.717) is 0 Å². The number of rotatable bonds is 1. The maximum atomic E-state index is 4.36. The van der Waals surface area contributed by atoms with Crippen LogP contribution < -0.4 is 0 Å². The third-order valence-electron chi connectivity index (χ3n) is 4.20. The summed E-state index contributed by atoms with van der Waals surface area (Å²) in [6.45, 7) is 6.64. The summed E-state index contributed by atoms with van der Waals surface area (Å²) in [6.07, 6.45) is 6.01. The number of nitrogens with zero attached hydrogens (tertiary/aromatic N) is 1. The first-order valence-corrected chi connectivity index (χ1v) is 6.40. The van der Waals surface area contributed by atoms with E-state index in [-0.39, 0.29) is 5.41 Å². The van der Waals surface area contributed by atoms with Crippen LogP contribution in [0.4, 0.5) is 0 Å². The summed E-state index contributed by atoms with van der Waals surface area (Å²) in [5, 5.41) is 0. The van der Waals surface area contributed by atoms with Gasteiger partial charge in [0.15, 0.2) is 0 Å². The van der Waals surface area contributed by atoms with Crippen molar-refractivity contribution in [1.29, 1.82) is 0 Å². The molecule has 0 N–H and O–H groups in total. The van der Waals surface area contributed by atoms with Crippen LogP contribution in [-0.4, -0.2) is 4.98 Å². The molecule has 1 aromatic carbocycles. The lowest BCUT2D eigenvalue weighted by Crippen LogP contribution is -2.28. The van der Waals surface area contributed by atoms with Crippen molar-refractivity contribution in [2.45, 2.75) is 25.2 Å². The number of pyridine rings is 1. The Balaban J connectivity index is 2.10. The zero-order valence-electron chi connectivity index (χ0n) is 10.7. The van der Waals surface area contributed by atoms with Crippen LogP contribution in [0.1, 0.15) is 30.0 Å². The van der Waals surface area contributed by atoms with Crippen molar-refractivity contribution in [2.24, 2.45) is 0 Å². The van der Waals surface area contributed by atoms with Gasteiger partial charge in [-0.15, -0.1) is 0 Å². The normalized spacial score (nSPS) is 22.6. The standard InChI is InChI=1S/C17H17N/c1-13-16-8-4-3-6-14(16)9-10-17(13,2)15-7-5-11-18-12-15/h3-8,11-12H,1,9-10H2,2H3/t17-/m1/s1. The van der Waals surface area contributed by atoms with E-state index in [2.05, 4.69) is 48.8 Å². The fraction of sp³-hybridized carbons (Fsp3) is 0.235. The summed E-state index contributed by atoms with van der Waals surface area (Å²) < 4.78 is 0. The minimum atomic E-state index is 0.0165. The Morgan fingerprint density at radius 1 is 1.17 bits per heavy atom. The summed E-state index contributed by atoms with van der Waals surface area (Å²) in [5.41, 5.74) is 5.24. The van der Waals surface area contributed by atoms with E-state index in [1.165, 1.54) is 22.3 Å². The Morgan fingerprint density at radius 3 is 2.78 bits per heavy atom. The van der Waals surface area contributed by atoms with Gasteiger partial charge in [0.2, 0.25) is 0 Å². The van der Waals surface area contributed by atoms with Gasteiger partial charge in [-0.25, -0.2) is 0 Å². The maximum Gasteiger partial charge on any atom is 0.0308 e. The largest absolute Gasteiger partial charge is 0.264 e. The van der Waals surface area contributed by atoms with Crippen LogP contribution in [0.5, 0.6) is 0 Å². The molecule has 3 rings (SSSR count). The minimum Gasteiger partial charge on any atom is -0.264 e. The monoisotopic (exact) mass is 235 g/mol. The highest BCUT2D eigenvalue weighted by Crippen LogP contribution is 2.45. The van der Waals surface area contributed by atoms with Crippen LogP contribution in [0.3, 0.4) is 0 Å². The molecular weight excluding hydrogens is 218 g/mol. The van der Waals surface area contributed by atoms with Gasteiger partial charge in [-0.2, -0.15) is 0 Å². The molecule has 0 saturated carbocycles. The zero-order chi connectivity index (χ0) is 12.6. The van der Waals surface area contributed by atoms with Crippen LogP contribution in [0.2, 0.25) is 0 Å². The van der Waals surface area contributed by atoms with Crippen molar-refractivity contribution < 1.29 is 0 Å². The van der Waals surface area contributed by atoms with E-state index in [4.69, 9.17) is 0 Å². The van der Waals surface area contributed by atoms with Gasteiger partial charge < -0.3 is 0 Å². The molecular formula is C17H17N. The Morgan fingerprint density at radius 2 is 2.00 bits per heavy atom. The molecule has 1 aliphatic rings. The number of hydrogen-bond donors (Lipinski definition) is 0. The van der Waals surface area contributed by atoms with E-state index < -0.39 is 0 Å². The highest BCUT2D eigenvalue weighted by atomic mass is 14.6. The molecule has 0 saturated heterocycles. The van der Waals surface area contributed by atoms with E-state index in [1.807, 2.05) is 18.5 Å². The summed E-state index contributed by atoms with van der Waals surface area (Å²) in [7, 11) is 0. The van der Waals surface area contributed by atoms with Crippen molar-refractivity contribution >= 4 is 5.57 Å². The van der Waals surface area contributed by atoms with E-state index in [9.17, 15) is 0 Å². The summed E-state index contributed by atoms with van der Waals surface area (Å²) >= 11 is 0. The van der Waals surface area contributed by atoms with Crippen molar-refractivity contribution in [3.8, 4) is 0 Å². The molecule has 0 unspecified atom stereocenters. The summed E-state index contributed by atoms with van der Waals surface area (Å²) in [6, 6.07) is 12.8. The van der Waals surface area contributed by atoms with Crippen molar-refractivity contribution in [1.82, 2.24) is 4.98 Å². The molecule has 0 radical (unpaired) electrons. The minimum absolute atomic E-state index is 0.0165. The van der Waals surface area contributed by atoms with Gasteiger partial charge in [-0.1, -0.05) is 43.8 Å². The second-order valence-electron chi connectivity index (χ2n) is 5.21.